The molecule has 0 heterocycles. The van der Waals surface area contributed by atoms with Crippen LogP contribution < -0.4 is 5.32 Å². The lowest BCUT2D eigenvalue weighted by Crippen LogP contribution is -2.29. The minimum Gasteiger partial charge on any atom is -0.310 e. The zero-order chi connectivity index (χ0) is 13.2. The molecule has 2 rings (SSSR count). The molecule has 0 amide bonds. The molecule has 0 aromatic heterocycles. The van der Waals surface area contributed by atoms with Crippen molar-refractivity contribution in [2.45, 2.75) is 33.7 Å². The summed E-state index contributed by atoms with van der Waals surface area (Å²) in [6, 6.07) is 15.5. The highest BCUT2D eigenvalue weighted by Gasteiger charge is 2.13. The molecule has 0 aliphatic carbocycles. The van der Waals surface area contributed by atoms with Crippen LogP contribution in [0.2, 0.25) is 0 Å². The van der Waals surface area contributed by atoms with Gasteiger partial charge in [-0.15, -0.1) is 0 Å². The molecule has 96 valence electrons. The third-order valence-electron chi connectivity index (χ3n) is 3.23. The highest BCUT2D eigenvalue weighted by molar-refractivity contribution is 5.86. The second kappa shape index (κ2) is 5.11. The summed E-state index contributed by atoms with van der Waals surface area (Å²) in [5.41, 5.74) is 1.70. The summed E-state index contributed by atoms with van der Waals surface area (Å²) < 4.78 is 0. The van der Waals surface area contributed by atoms with E-state index in [1.54, 1.807) is 0 Å². The van der Waals surface area contributed by atoms with Crippen molar-refractivity contribution in [1.29, 1.82) is 0 Å². The topological polar surface area (TPSA) is 12.0 Å². The van der Waals surface area contributed by atoms with Gasteiger partial charge in [0.25, 0.3) is 0 Å². The summed E-state index contributed by atoms with van der Waals surface area (Å²) in [5.74, 6) is 0. The van der Waals surface area contributed by atoms with E-state index >= 15 is 0 Å². The van der Waals surface area contributed by atoms with Gasteiger partial charge in [0.05, 0.1) is 0 Å². The van der Waals surface area contributed by atoms with E-state index in [2.05, 4.69) is 75.5 Å². The van der Waals surface area contributed by atoms with Crippen molar-refractivity contribution in [2.24, 2.45) is 5.41 Å². The number of hydrogen-bond donors (Lipinski definition) is 1. The highest BCUT2D eigenvalue weighted by Crippen LogP contribution is 2.24. The normalized spacial score (nSPS) is 13.8. The fourth-order valence-electron chi connectivity index (χ4n) is 2.20. The summed E-state index contributed by atoms with van der Waals surface area (Å²) in [7, 11) is 0. The molecule has 0 fully saturated rings. The molecule has 18 heavy (non-hydrogen) atoms. The fourth-order valence-corrected chi connectivity index (χ4v) is 2.20. The fraction of sp³-hybridized carbons (Fsp3) is 0.412. The summed E-state index contributed by atoms with van der Waals surface area (Å²) >= 11 is 0. The Hall–Kier alpha value is -1.34. The SMILES string of the molecule is CC(NCC(C)(C)C)c1cccc2ccccc12. The molecule has 2 aromatic carbocycles. The van der Waals surface area contributed by atoms with E-state index in [0.717, 1.165) is 6.54 Å². The van der Waals surface area contributed by atoms with E-state index in [-0.39, 0.29) is 0 Å². The molecular formula is C17H23N. The minimum absolute atomic E-state index is 0.318. The van der Waals surface area contributed by atoms with Gasteiger partial charge in [-0.05, 0) is 28.7 Å². The quantitative estimate of drug-likeness (QED) is 0.832. The summed E-state index contributed by atoms with van der Waals surface area (Å²) in [5, 5.41) is 6.31. The first-order chi connectivity index (χ1) is 8.47. The van der Waals surface area contributed by atoms with Crippen molar-refractivity contribution < 1.29 is 0 Å². The molecule has 1 atom stereocenters. The van der Waals surface area contributed by atoms with Crippen molar-refractivity contribution in [3.05, 3.63) is 48.0 Å². The maximum atomic E-state index is 3.63. The number of hydrogen-bond acceptors (Lipinski definition) is 1. The van der Waals surface area contributed by atoms with Crippen molar-refractivity contribution >= 4 is 10.8 Å². The van der Waals surface area contributed by atoms with Crippen LogP contribution in [-0.4, -0.2) is 6.54 Å². The Morgan fingerprint density at radius 2 is 1.67 bits per heavy atom. The molecule has 0 spiro atoms. The molecular weight excluding hydrogens is 218 g/mol. The lowest BCUT2D eigenvalue weighted by Gasteiger charge is -2.23. The molecule has 0 radical (unpaired) electrons. The lowest BCUT2D eigenvalue weighted by molar-refractivity contribution is 0.360. The van der Waals surface area contributed by atoms with E-state index in [4.69, 9.17) is 0 Å². The molecule has 0 aliphatic heterocycles. The minimum atomic E-state index is 0.318. The van der Waals surface area contributed by atoms with Gasteiger partial charge in [0.2, 0.25) is 0 Å². The van der Waals surface area contributed by atoms with Crippen LogP contribution in [0.25, 0.3) is 10.8 Å². The highest BCUT2D eigenvalue weighted by atomic mass is 14.9. The summed E-state index contributed by atoms with van der Waals surface area (Å²) in [6.07, 6.45) is 0. The van der Waals surface area contributed by atoms with Crippen LogP contribution in [0.5, 0.6) is 0 Å². The zero-order valence-electron chi connectivity index (χ0n) is 11.8. The van der Waals surface area contributed by atoms with Gasteiger partial charge in [-0.3, -0.25) is 0 Å². The molecule has 0 aliphatic rings. The maximum absolute atomic E-state index is 3.63. The number of benzene rings is 2. The molecule has 2 aromatic rings. The lowest BCUT2D eigenvalue weighted by atomic mass is 9.95. The van der Waals surface area contributed by atoms with Gasteiger partial charge in [0.1, 0.15) is 0 Å². The largest absolute Gasteiger partial charge is 0.310 e. The third-order valence-corrected chi connectivity index (χ3v) is 3.23. The zero-order valence-corrected chi connectivity index (χ0v) is 11.8. The second-order valence-electron chi connectivity index (χ2n) is 6.23. The van der Waals surface area contributed by atoms with Crippen molar-refractivity contribution in [1.82, 2.24) is 5.32 Å². The third kappa shape index (κ3) is 3.11. The first kappa shape index (κ1) is 13.1. The van der Waals surface area contributed by atoms with Gasteiger partial charge >= 0.3 is 0 Å². The maximum Gasteiger partial charge on any atom is 0.0298 e. The first-order valence-electron chi connectivity index (χ1n) is 6.68. The standard InChI is InChI=1S/C17H23N/c1-13(18-12-17(2,3)4)15-11-7-9-14-8-5-6-10-16(14)15/h5-11,13,18H,12H2,1-4H3. The van der Waals surface area contributed by atoms with Crippen LogP contribution in [-0.2, 0) is 0 Å². The van der Waals surface area contributed by atoms with Gasteiger partial charge in [-0.1, -0.05) is 63.2 Å². The van der Waals surface area contributed by atoms with Gasteiger partial charge in [-0.25, -0.2) is 0 Å². The molecule has 0 bridgehead atoms. The van der Waals surface area contributed by atoms with E-state index in [1.165, 1.54) is 16.3 Å². The molecule has 1 nitrogen and oxygen atoms in total. The molecule has 1 unspecified atom stereocenters. The van der Waals surface area contributed by atoms with Crippen LogP contribution >= 0.6 is 0 Å². The van der Waals surface area contributed by atoms with Gasteiger partial charge < -0.3 is 5.32 Å². The average molecular weight is 241 g/mol. The Labute approximate surface area is 110 Å². The van der Waals surface area contributed by atoms with Crippen LogP contribution in [0.15, 0.2) is 42.5 Å². The van der Waals surface area contributed by atoms with Crippen molar-refractivity contribution in [3.63, 3.8) is 0 Å². The van der Waals surface area contributed by atoms with E-state index in [0.29, 0.717) is 11.5 Å². The number of nitrogens with one attached hydrogen (secondary N) is 1. The van der Waals surface area contributed by atoms with Gasteiger partial charge in [0, 0.05) is 12.6 Å². The number of rotatable bonds is 3. The summed E-state index contributed by atoms with van der Waals surface area (Å²) in [6.45, 7) is 10.0. The monoisotopic (exact) mass is 241 g/mol. The Bertz CT molecular complexity index is 517. The first-order valence-corrected chi connectivity index (χ1v) is 6.68. The predicted molar refractivity (Wildman–Crippen MR) is 79.8 cm³/mol. The molecule has 1 N–H and O–H groups in total. The molecule has 0 saturated carbocycles. The van der Waals surface area contributed by atoms with Crippen LogP contribution in [0.4, 0.5) is 0 Å². The Kier molecular flexibility index (Phi) is 3.72. The van der Waals surface area contributed by atoms with E-state index in [9.17, 15) is 0 Å². The van der Waals surface area contributed by atoms with Gasteiger partial charge in [-0.2, -0.15) is 0 Å². The predicted octanol–water partition coefficient (Wildman–Crippen LogP) is 4.54. The van der Waals surface area contributed by atoms with Crippen LogP contribution in [0.3, 0.4) is 0 Å². The van der Waals surface area contributed by atoms with E-state index in [1.807, 2.05) is 0 Å². The second-order valence-corrected chi connectivity index (χ2v) is 6.23. The molecule has 0 saturated heterocycles. The summed E-state index contributed by atoms with van der Waals surface area (Å²) in [4.78, 5) is 0. The van der Waals surface area contributed by atoms with Crippen molar-refractivity contribution in [3.8, 4) is 0 Å². The van der Waals surface area contributed by atoms with Crippen LogP contribution in [0.1, 0.15) is 39.3 Å². The van der Waals surface area contributed by atoms with E-state index < -0.39 is 0 Å². The Morgan fingerprint density at radius 1 is 1.00 bits per heavy atom. The Morgan fingerprint density at radius 3 is 2.39 bits per heavy atom. The van der Waals surface area contributed by atoms with Gasteiger partial charge in [0.15, 0.2) is 0 Å². The Balaban J connectivity index is 2.25. The smallest absolute Gasteiger partial charge is 0.0298 e. The number of fused-ring (bicyclic) bond motifs is 1. The van der Waals surface area contributed by atoms with Crippen molar-refractivity contribution in [2.75, 3.05) is 6.54 Å². The molecule has 1 heteroatoms. The van der Waals surface area contributed by atoms with Crippen LogP contribution in [0, 0.1) is 5.41 Å². The average Bonchev–Trinajstić information content (AvgIpc) is 2.34.